The Bertz CT molecular complexity index is 431. The van der Waals surface area contributed by atoms with Gasteiger partial charge in [0, 0.05) is 26.7 Å². The molecular formula is C14H20O7. The van der Waals surface area contributed by atoms with E-state index >= 15 is 0 Å². The molecule has 21 heavy (non-hydrogen) atoms. The molecule has 0 saturated carbocycles. The number of esters is 3. The van der Waals surface area contributed by atoms with Gasteiger partial charge in [0.15, 0.2) is 6.10 Å². The third-order valence-electron chi connectivity index (χ3n) is 3.04. The lowest BCUT2D eigenvalue weighted by atomic mass is 9.90. The summed E-state index contributed by atoms with van der Waals surface area (Å²) in [6, 6.07) is 0. The lowest BCUT2D eigenvalue weighted by molar-refractivity contribution is -0.273. The monoisotopic (exact) mass is 300 g/mol. The molecule has 0 radical (unpaired) electrons. The van der Waals surface area contributed by atoms with Crippen molar-refractivity contribution >= 4 is 17.9 Å². The second-order valence-electron chi connectivity index (χ2n) is 4.82. The predicted octanol–water partition coefficient (Wildman–Crippen LogP) is 0.960. The van der Waals surface area contributed by atoms with E-state index in [-0.39, 0.29) is 5.92 Å². The van der Waals surface area contributed by atoms with Gasteiger partial charge in [-0.05, 0) is 0 Å². The van der Waals surface area contributed by atoms with E-state index < -0.39 is 42.5 Å². The third-order valence-corrected chi connectivity index (χ3v) is 3.04. The van der Waals surface area contributed by atoms with E-state index in [9.17, 15) is 14.4 Å². The number of hydrogen-bond acceptors (Lipinski definition) is 7. The second-order valence-corrected chi connectivity index (χ2v) is 4.82. The van der Waals surface area contributed by atoms with E-state index in [2.05, 4.69) is 6.58 Å². The van der Waals surface area contributed by atoms with Gasteiger partial charge < -0.3 is 18.9 Å². The standard InChI is InChI=1S/C14H20O7/c1-6-11-7(2)12(18-8(3)15)13(19-9(4)16)14(21-11)20-10(5)17/h6-7,11-14H,1H2,2-5H3/t7-,11+,12-,13+,14?/m1/s1. The summed E-state index contributed by atoms with van der Waals surface area (Å²) in [6.07, 6.45) is -1.98. The molecule has 1 saturated heterocycles. The summed E-state index contributed by atoms with van der Waals surface area (Å²) >= 11 is 0. The molecule has 1 aliphatic heterocycles. The molecule has 0 aliphatic carbocycles. The van der Waals surface area contributed by atoms with E-state index in [1.54, 1.807) is 6.92 Å². The van der Waals surface area contributed by atoms with Gasteiger partial charge in [-0.3, -0.25) is 14.4 Å². The molecule has 118 valence electrons. The Balaban J connectivity index is 3.08. The lowest BCUT2D eigenvalue weighted by Crippen LogP contribution is -2.57. The first kappa shape index (κ1) is 17.2. The van der Waals surface area contributed by atoms with Gasteiger partial charge >= 0.3 is 17.9 Å². The van der Waals surface area contributed by atoms with E-state index in [4.69, 9.17) is 18.9 Å². The summed E-state index contributed by atoms with van der Waals surface area (Å²) in [5.41, 5.74) is 0. The minimum Gasteiger partial charge on any atom is -0.458 e. The fraction of sp³-hybridized carbons (Fsp3) is 0.643. The van der Waals surface area contributed by atoms with E-state index in [1.807, 2.05) is 0 Å². The molecule has 1 heterocycles. The molecule has 1 rings (SSSR count). The third kappa shape index (κ3) is 4.56. The SMILES string of the molecule is C=C[C@@H]1OC(OC(C)=O)[C@@H](OC(C)=O)[C@H](OC(C)=O)[C@@H]1C. The highest BCUT2D eigenvalue weighted by Gasteiger charge is 2.48. The van der Waals surface area contributed by atoms with Crippen molar-refractivity contribution in [3.63, 3.8) is 0 Å². The van der Waals surface area contributed by atoms with Gasteiger partial charge in [-0.1, -0.05) is 13.0 Å². The van der Waals surface area contributed by atoms with E-state index in [0.717, 1.165) is 0 Å². The van der Waals surface area contributed by atoms with Crippen molar-refractivity contribution in [2.24, 2.45) is 5.92 Å². The lowest BCUT2D eigenvalue weighted by Gasteiger charge is -2.42. The number of carbonyl (C=O) groups excluding carboxylic acids is 3. The van der Waals surface area contributed by atoms with Crippen molar-refractivity contribution in [1.29, 1.82) is 0 Å². The topological polar surface area (TPSA) is 88.1 Å². The molecule has 1 fully saturated rings. The van der Waals surface area contributed by atoms with Gasteiger partial charge in [-0.15, -0.1) is 6.58 Å². The van der Waals surface area contributed by atoms with Crippen LogP contribution < -0.4 is 0 Å². The molecule has 1 unspecified atom stereocenters. The van der Waals surface area contributed by atoms with E-state index in [0.29, 0.717) is 0 Å². The summed E-state index contributed by atoms with van der Waals surface area (Å²) in [4.78, 5) is 33.7. The molecule has 0 aromatic heterocycles. The van der Waals surface area contributed by atoms with Crippen LogP contribution >= 0.6 is 0 Å². The first-order valence-corrected chi connectivity index (χ1v) is 6.56. The van der Waals surface area contributed by atoms with Crippen LogP contribution in [0.4, 0.5) is 0 Å². The maximum atomic E-state index is 11.3. The van der Waals surface area contributed by atoms with Gasteiger partial charge in [-0.25, -0.2) is 0 Å². The van der Waals surface area contributed by atoms with Crippen LogP contribution in [-0.4, -0.2) is 42.5 Å². The molecule has 0 N–H and O–H groups in total. The number of rotatable bonds is 4. The molecule has 7 nitrogen and oxygen atoms in total. The van der Waals surface area contributed by atoms with E-state index in [1.165, 1.54) is 26.8 Å². The Kier molecular flexibility index (Phi) is 5.90. The zero-order valence-corrected chi connectivity index (χ0v) is 12.5. The number of hydrogen-bond donors (Lipinski definition) is 0. The molecular weight excluding hydrogens is 280 g/mol. The molecule has 1 aliphatic rings. The van der Waals surface area contributed by atoms with Crippen molar-refractivity contribution in [3.8, 4) is 0 Å². The minimum absolute atomic E-state index is 0.317. The predicted molar refractivity (Wildman–Crippen MR) is 70.9 cm³/mol. The normalized spacial score (nSPS) is 31.9. The molecule has 0 aromatic carbocycles. The fourth-order valence-corrected chi connectivity index (χ4v) is 2.21. The Morgan fingerprint density at radius 3 is 1.86 bits per heavy atom. The average molecular weight is 300 g/mol. The summed E-state index contributed by atoms with van der Waals surface area (Å²) in [7, 11) is 0. The Hall–Kier alpha value is -1.89. The quantitative estimate of drug-likeness (QED) is 0.434. The van der Waals surface area contributed by atoms with Gasteiger partial charge in [-0.2, -0.15) is 0 Å². The maximum absolute atomic E-state index is 11.3. The zero-order chi connectivity index (χ0) is 16.2. The van der Waals surface area contributed by atoms with Crippen LogP contribution in [0, 0.1) is 5.92 Å². The van der Waals surface area contributed by atoms with Crippen LogP contribution in [0.25, 0.3) is 0 Å². The highest BCUT2D eigenvalue weighted by Crippen LogP contribution is 2.31. The molecule has 0 bridgehead atoms. The van der Waals surface area contributed by atoms with Crippen LogP contribution in [0.3, 0.4) is 0 Å². The number of carbonyl (C=O) groups is 3. The summed E-state index contributed by atoms with van der Waals surface area (Å²) in [5, 5.41) is 0. The van der Waals surface area contributed by atoms with Gasteiger partial charge in [0.1, 0.15) is 0 Å². The Morgan fingerprint density at radius 1 is 0.952 bits per heavy atom. The van der Waals surface area contributed by atoms with Gasteiger partial charge in [0.05, 0.1) is 6.10 Å². The highest BCUT2D eigenvalue weighted by atomic mass is 16.7. The van der Waals surface area contributed by atoms with Crippen LogP contribution in [-0.2, 0) is 33.3 Å². The van der Waals surface area contributed by atoms with Gasteiger partial charge in [0.25, 0.3) is 0 Å². The summed E-state index contributed by atoms with van der Waals surface area (Å²) < 4.78 is 20.9. The van der Waals surface area contributed by atoms with Crippen LogP contribution in [0.5, 0.6) is 0 Å². The average Bonchev–Trinajstić information content (AvgIpc) is 2.35. The maximum Gasteiger partial charge on any atom is 0.305 e. The van der Waals surface area contributed by atoms with Crippen molar-refractivity contribution in [2.75, 3.05) is 0 Å². The fourth-order valence-electron chi connectivity index (χ4n) is 2.21. The van der Waals surface area contributed by atoms with Crippen LogP contribution in [0.15, 0.2) is 12.7 Å². The van der Waals surface area contributed by atoms with Crippen molar-refractivity contribution in [2.45, 2.75) is 52.3 Å². The van der Waals surface area contributed by atoms with Crippen molar-refractivity contribution < 1.29 is 33.3 Å². The Morgan fingerprint density at radius 2 is 1.43 bits per heavy atom. The van der Waals surface area contributed by atoms with Crippen LogP contribution in [0.1, 0.15) is 27.7 Å². The van der Waals surface area contributed by atoms with Crippen molar-refractivity contribution in [1.82, 2.24) is 0 Å². The largest absolute Gasteiger partial charge is 0.458 e. The van der Waals surface area contributed by atoms with Gasteiger partial charge in [0.2, 0.25) is 12.4 Å². The van der Waals surface area contributed by atoms with Crippen molar-refractivity contribution in [3.05, 3.63) is 12.7 Å². The summed E-state index contributed by atoms with van der Waals surface area (Å²) in [5.74, 6) is -2.05. The molecule has 0 spiro atoms. The second kappa shape index (κ2) is 7.21. The molecule has 7 heteroatoms. The minimum atomic E-state index is -1.16. The first-order valence-electron chi connectivity index (χ1n) is 6.56. The molecule has 0 amide bonds. The summed E-state index contributed by atoms with van der Waals surface area (Å²) in [6.45, 7) is 9.06. The zero-order valence-electron chi connectivity index (χ0n) is 12.5. The number of ether oxygens (including phenoxy) is 4. The smallest absolute Gasteiger partial charge is 0.305 e. The Labute approximate surface area is 123 Å². The van der Waals surface area contributed by atoms with Crippen LogP contribution in [0.2, 0.25) is 0 Å². The first-order chi connectivity index (χ1) is 9.76. The highest BCUT2D eigenvalue weighted by molar-refractivity contribution is 5.68. The molecule has 5 atom stereocenters. The molecule has 0 aromatic rings.